The molecule has 4 rings (SSSR count). The first-order valence-corrected chi connectivity index (χ1v) is 11.3. The van der Waals surface area contributed by atoms with Crippen molar-refractivity contribution in [1.82, 2.24) is 0 Å². The van der Waals surface area contributed by atoms with Crippen molar-refractivity contribution in [3.05, 3.63) is 83.7 Å². The van der Waals surface area contributed by atoms with Gasteiger partial charge in [-0.1, -0.05) is 29.8 Å². The van der Waals surface area contributed by atoms with E-state index in [0.29, 0.717) is 6.61 Å². The Balaban J connectivity index is 1.86. The molecule has 0 aliphatic carbocycles. The van der Waals surface area contributed by atoms with Crippen molar-refractivity contribution in [1.29, 1.82) is 0 Å². The zero-order chi connectivity index (χ0) is 22.5. The lowest BCUT2D eigenvalue weighted by atomic mass is 10.1. The quantitative estimate of drug-likeness (QED) is 0.323. The minimum Gasteiger partial charge on any atom is -0.494 e. The Kier molecular flexibility index (Phi) is 6.60. The highest BCUT2D eigenvalue weighted by molar-refractivity contribution is 5.80. The molecule has 1 heterocycles. The fourth-order valence-electron chi connectivity index (χ4n) is 3.82. The van der Waals surface area contributed by atoms with Gasteiger partial charge in [-0.05, 0) is 70.2 Å². The maximum absolute atomic E-state index is 6.26. The standard InChI is InChI=1S/C28H30N2O2/c1-5-30(6-2)23-14-12-22(13-15-23)29-26-19-28(21-10-8-20(4)9-11-21)32-27-17-16-24(31-7-3)18-25(26)27/h8-19H,5-7H2,1-4H3. The molecule has 0 N–H and O–H groups in total. The molecule has 0 unspecified atom stereocenters. The van der Waals surface area contributed by atoms with E-state index in [1.807, 2.05) is 31.2 Å². The Morgan fingerprint density at radius 1 is 0.844 bits per heavy atom. The molecule has 0 aliphatic rings. The van der Waals surface area contributed by atoms with E-state index in [4.69, 9.17) is 14.1 Å². The van der Waals surface area contributed by atoms with Crippen LogP contribution in [0.25, 0.3) is 22.3 Å². The molecule has 0 fully saturated rings. The second kappa shape index (κ2) is 9.73. The van der Waals surface area contributed by atoms with Gasteiger partial charge in [-0.25, -0.2) is 4.99 Å². The highest BCUT2D eigenvalue weighted by atomic mass is 16.5. The summed E-state index contributed by atoms with van der Waals surface area (Å²) in [5.41, 5.74) is 5.14. The SMILES string of the molecule is CCOc1ccc2oc(-c3ccc(C)cc3)cc(=Nc3ccc(N(CC)CC)cc3)c2c1. The van der Waals surface area contributed by atoms with Gasteiger partial charge in [0, 0.05) is 35.8 Å². The molecule has 1 aromatic heterocycles. The minimum absolute atomic E-state index is 0.614. The summed E-state index contributed by atoms with van der Waals surface area (Å²) in [6.45, 7) is 11.0. The highest BCUT2D eigenvalue weighted by Crippen LogP contribution is 2.26. The lowest BCUT2D eigenvalue weighted by Gasteiger charge is -2.20. The van der Waals surface area contributed by atoms with Gasteiger partial charge < -0.3 is 14.1 Å². The summed E-state index contributed by atoms with van der Waals surface area (Å²) >= 11 is 0. The zero-order valence-corrected chi connectivity index (χ0v) is 19.3. The van der Waals surface area contributed by atoms with Crippen LogP contribution in [-0.2, 0) is 0 Å². The van der Waals surface area contributed by atoms with Crippen molar-refractivity contribution in [2.75, 3.05) is 24.6 Å². The van der Waals surface area contributed by atoms with Crippen LogP contribution in [0.1, 0.15) is 26.3 Å². The van der Waals surface area contributed by atoms with E-state index in [9.17, 15) is 0 Å². The molecule has 0 radical (unpaired) electrons. The third-order valence-electron chi connectivity index (χ3n) is 5.59. The van der Waals surface area contributed by atoms with Crippen molar-refractivity contribution in [2.45, 2.75) is 27.7 Å². The largest absolute Gasteiger partial charge is 0.494 e. The van der Waals surface area contributed by atoms with Crippen LogP contribution in [0.4, 0.5) is 11.4 Å². The lowest BCUT2D eigenvalue weighted by molar-refractivity contribution is 0.340. The van der Waals surface area contributed by atoms with Crippen LogP contribution in [-0.4, -0.2) is 19.7 Å². The van der Waals surface area contributed by atoms with E-state index < -0.39 is 0 Å². The Morgan fingerprint density at radius 2 is 1.56 bits per heavy atom. The van der Waals surface area contributed by atoms with Crippen molar-refractivity contribution < 1.29 is 9.15 Å². The fraction of sp³-hybridized carbons (Fsp3) is 0.250. The van der Waals surface area contributed by atoms with Crippen LogP contribution in [0.15, 0.2) is 82.2 Å². The maximum atomic E-state index is 6.26. The average Bonchev–Trinajstić information content (AvgIpc) is 2.82. The van der Waals surface area contributed by atoms with Crippen LogP contribution in [0.2, 0.25) is 0 Å². The predicted molar refractivity (Wildman–Crippen MR) is 133 cm³/mol. The molecular weight excluding hydrogens is 396 g/mol. The lowest BCUT2D eigenvalue weighted by Crippen LogP contribution is -2.21. The van der Waals surface area contributed by atoms with Gasteiger partial charge in [0.2, 0.25) is 0 Å². The van der Waals surface area contributed by atoms with E-state index in [0.717, 1.165) is 52.2 Å². The van der Waals surface area contributed by atoms with Gasteiger partial charge in [-0.2, -0.15) is 0 Å². The Bertz CT molecular complexity index is 1250. The Morgan fingerprint density at radius 3 is 2.22 bits per heavy atom. The molecule has 0 amide bonds. The number of hydrogen-bond acceptors (Lipinski definition) is 4. The number of benzene rings is 3. The van der Waals surface area contributed by atoms with Crippen molar-refractivity contribution in [2.24, 2.45) is 4.99 Å². The number of anilines is 1. The van der Waals surface area contributed by atoms with Gasteiger partial charge >= 0.3 is 0 Å². The van der Waals surface area contributed by atoms with E-state index in [1.54, 1.807) is 0 Å². The summed E-state index contributed by atoms with van der Waals surface area (Å²) in [5, 5.41) is 1.79. The van der Waals surface area contributed by atoms with Crippen molar-refractivity contribution in [3.8, 4) is 17.1 Å². The van der Waals surface area contributed by atoms with E-state index in [1.165, 1.54) is 11.3 Å². The highest BCUT2D eigenvalue weighted by Gasteiger charge is 2.08. The Labute approximate surface area is 189 Å². The first kappa shape index (κ1) is 21.7. The molecule has 0 spiro atoms. The topological polar surface area (TPSA) is 38.0 Å². The van der Waals surface area contributed by atoms with E-state index in [-0.39, 0.29) is 0 Å². The first-order valence-electron chi connectivity index (χ1n) is 11.3. The van der Waals surface area contributed by atoms with Gasteiger partial charge in [0.1, 0.15) is 17.1 Å². The van der Waals surface area contributed by atoms with Crippen LogP contribution in [0, 0.1) is 6.92 Å². The molecule has 0 saturated carbocycles. The molecule has 0 saturated heterocycles. The number of nitrogens with zero attached hydrogens (tertiary/aromatic N) is 2. The second-order valence-corrected chi connectivity index (χ2v) is 7.75. The number of fused-ring (bicyclic) bond motifs is 1. The number of aryl methyl sites for hydroxylation is 1. The summed E-state index contributed by atoms with van der Waals surface area (Å²) in [5.74, 6) is 1.60. The summed E-state index contributed by atoms with van der Waals surface area (Å²) in [6, 6.07) is 24.7. The molecule has 4 heteroatoms. The number of ether oxygens (including phenoxy) is 1. The molecule has 32 heavy (non-hydrogen) atoms. The summed E-state index contributed by atoms with van der Waals surface area (Å²) < 4.78 is 12.0. The van der Waals surface area contributed by atoms with Crippen molar-refractivity contribution >= 4 is 22.3 Å². The summed E-state index contributed by atoms with van der Waals surface area (Å²) in [7, 11) is 0. The monoisotopic (exact) mass is 426 g/mol. The van der Waals surface area contributed by atoms with Crippen LogP contribution in [0.3, 0.4) is 0 Å². The smallest absolute Gasteiger partial charge is 0.137 e. The Hall–Kier alpha value is -3.53. The molecule has 4 nitrogen and oxygen atoms in total. The fourth-order valence-corrected chi connectivity index (χ4v) is 3.82. The zero-order valence-electron chi connectivity index (χ0n) is 19.3. The predicted octanol–water partition coefficient (Wildman–Crippen LogP) is 6.89. The van der Waals surface area contributed by atoms with Crippen molar-refractivity contribution in [3.63, 3.8) is 0 Å². The molecule has 164 valence electrons. The first-order chi connectivity index (χ1) is 15.6. The van der Waals surface area contributed by atoms with Crippen LogP contribution < -0.4 is 15.0 Å². The number of rotatable bonds is 7. The second-order valence-electron chi connectivity index (χ2n) is 7.75. The third kappa shape index (κ3) is 4.70. The van der Waals surface area contributed by atoms with Crippen LogP contribution >= 0.6 is 0 Å². The number of hydrogen-bond donors (Lipinski definition) is 0. The van der Waals surface area contributed by atoms with Gasteiger partial charge in [-0.3, -0.25) is 0 Å². The molecular formula is C28H30N2O2. The summed E-state index contributed by atoms with van der Waals surface area (Å²) in [6.07, 6.45) is 0. The minimum atomic E-state index is 0.614. The van der Waals surface area contributed by atoms with Gasteiger partial charge in [0.05, 0.1) is 17.7 Å². The average molecular weight is 427 g/mol. The molecule has 0 aliphatic heterocycles. The molecule has 3 aromatic carbocycles. The molecule has 4 aromatic rings. The molecule has 0 atom stereocenters. The third-order valence-corrected chi connectivity index (χ3v) is 5.59. The van der Waals surface area contributed by atoms with Gasteiger partial charge in [0.25, 0.3) is 0 Å². The van der Waals surface area contributed by atoms with Gasteiger partial charge in [0.15, 0.2) is 0 Å². The van der Waals surface area contributed by atoms with E-state index >= 15 is 0 Å². The molecule has 0 bridgehead atoms. The van der Waals surface area contributed by atoms with Crippen LogP contribution in [0.5, 0.6) is 5.75 Å². The van der Waals surface area contributed by atoms with Gasteiger partial charge in [-0.15, -0.1) is 0 Å². The normalized spacial score (nSPS) is 11.7. The maximum Gasteiger partial charge on any atom is 0.137 e. The van der Waals surface area contributed by atoms with E-state index in [2.05, 4.69) is 74.2 Å². The summed E-state index contributed by atoms with van der Waals surface area (Å²) in [4.78, 5) is 7.32.